The lowest BCUT2D eigenvalue weighted by molar-refractivity contribution is -0.130. The summed E-state index contributed by atoms with van der Waals surface area (Å²) in [5, 5.41) is 7.91. The highest BCUT2D eigenvalue weighted by molar-refractivity contribution is 5.84. The van der Waals surface area contributed by atoms with Gasteiger partial charge < -0.3 is 4.90 Å². The Labute approximate surface area is 146 Å². The topological polar surface area (TPSA) is 50.2 Å². The Kier molecular flexibility index (Phi) is 4.07. The van der Waals surface area contributed by atoms with E-state index < -0.39 is 0 Å². The first kappa shape index (κ1) is 16.3. The minimum Gasteiger partial charge on any atom is -0.338 e. The Morgan fingerprint density at radius 2 is 1.96 bits per heavy atom. The molecule has 0 bridgehead atoms. The summed E-state index contributed by atoms with van der Waals surface area (Å²) in [6.45, 7) is 4.92. The van der Waals surface area contributed by atoms with Crippen LogP contribution in [-0.2, 0) is 4.79 Å². The van der Waals surface area contributed by atoms with Crippen molar-refractivity contribution in [2.75, 3.05) is 6.54 Å². The van der Waals surface area contributed by atoms with Gasteiger partial charge in [-0.1, -0.05) is 0 Å². The van der Waals surface area contributed by atoms with Crippen LogP contribution in [0.3, 0.4) is 0 Å². The van der Waals surface area contributed by atoms with Gasteiger partial charge in [0.25, 0.3) is 0 Å². The van der Waals surface area contributed by atoms with E-state index in [9.17, 15) is 9.18 Å². The van der Waals surface area contributed by atoms with E-state index in [1.54, 1.807) is 16.8 Å². The molecular weight excluding hydrogens is 319 g/mol. The SMILES string of the molecule is Cc1c(C(C)NC2CCN(C3CC3)C2=O)cnn1-c1ccc(F)cc1. The quantitative estimate of drug-likeness (QED) is 0.909. The van der Waals surface area contributed by atoms with Crippen LogP contribution in [0.2, 0.25) is 0 Å². The molecular formula is C19H23FN4O. The van der Waals surface area contributed by atoms with Crippen molar-refractivity contribution in [2.45, 2.75) is 51.2 Å². The molecule has 2 atom stereocenters. The molecule has 0 spiro atoms. The molecule has 132 valence electrons. The van der Waals surface area contributed by atoms with Gasteiger partial charge in [-0.15, -0.1) is 0 Å². The molecule has 1 aliphatic carbocycles. The Balaban J connectivity index is 1.48. The molecule has 1 aliphatic heterocycles. The number of amides is 1. The summed E-state index contributed by atoms with van der Waals surface area (Å²) >= 11 is 0. The zero-order valence-corrected chi connectivity index (χ0v) is 14.6. The van der Waals surface area contributed by atoms with Crippen molar-refractivity contribution in [2.24, 2.45) is 0 Å². The minimum absolute atomic E-state index is 0.0299. The maximum atomic E-state index is 13.1. The minimum atomic E-state index is -0.260. The lowest BCUT2D eigenvalue weighted by atomic mass is 10.1. The number of nitrogens with one attached hydrogen (secondary N) is 1. The van der Waals surface area contributed by atoms with Gasteiger partial charge in [0, 0.05) is 29.9 Å². The number of carbonyl (C=O) groups excluding carboxylic acids is 1. The van der Waals surface area contributed by atoms with Crippen LogP contribution >= 0.6 is 0 Å². The molecule has 1 saturated carbocycles. The van der Waals surface area contributed by atoms with Crippen LogP contribution in [-0.4, -0.2) is 39.2 Å². The Bertz CT molecular complexity index is 781. The fourth-order valence-corrected chi connectivity index (χ4v) is 3.69. The highest BCUT2D eigenvalue weighted by Gasteiger charge is 2.40. The summed E-state index contributed by atoms with van der Waals surface area (Å²) in [5.74, 6) is -0.0262. The van der Waals surface area contributed by atoms with Crippen LogP contribution in [0.25, 0.3) is 5.69 Å². The number of aromatic nitrogens is 2. The molecule has 1 amide bonds. The van der Waals surface area contributed by atoms with Crippen LogP contribution in [0.4, 0.5) is 4.39 Å². The molecule has 1 aromatic heterocycles. The van der Waals surface area contributed by atoms with Crippen molar-refractivity contribution >= 4 is 5.91 Å². The smallest absolute Gasteiger partial charge is 0.240 e. The highest BCUT2D eigenvalue weighted by Crippen LogP contribution is 2.31. The van der Waals surface area contributed by atoms with E-state index in [-0.39, 0.29) is 23.8 Å². The average molecular weight is 342 g/mol. The van der Waals surface area contributed by atoms with Gasteiger partial charge in [0.15, 0.2) is 0 Å². The van der Waals surface area contributed by atoms with Crippen LogP contribution < -0.4 is 5.32 Å². The number of rotatable bonds is 5. The van der Waals surface area contributed by atoms with E-state index in [1.165, 1.54) is 12.1 Å². The first-order chi connectivity index (χ1) is 12.0. The van der Waals surface area contributed by atoms with Crippen LogP contribution in [0.15, 0.2) is 30.5 Å². The Hall–Kier alpha value is -2.21. The van der Waals surface area contributed by atoms with Gasteiger partial charge in [0.1, 0.15) is 5.82 Å². The summed E-state index contributed by atoms with van der Waals surface area (Å²) in [7, 11) is 0. The summed E-state index contributed by atoms with van der Waals surface area (Å²) in [6, 6.07) is 6.70. The molecule has 2 heterocycles. The van der Waals surface area contributed by atoms with Gasteiger partial charge in [0.2, 0.25) is 5.91 Å². The van der Waals surface area contributed by atoms with Gasteiger partial charge in [0.05, 0.1) is 17.9 Å². The van der Waals surface area contributed by atoms with Crippen molar-refractivity contribution in [3.05, 3.63) is 47.5 Å². The number of halogens is 1. The molecule has 1 saturated heterocycles. The second-order valence-electron chi connectivity index (χ2n) is 7.07. The fourth-order valence-electron chi connectivity index (χ4n) is 3.69. The lowest BCUT2D eigenvalue weighted by Crippen LogP contribution is -2.40. The molecule has 2 fully saturated rings. The lowest BCUT2D eigenvalue weighted by Gasteiger charge is -2.20. The largest absolute Gasteiger partial charge is 0.338 e. The zero-order chi connectivity index (χ0) is 17.6. The second-order valence-corrected chi connectivity index (χ2v) is 7.07. The molecule has 6 heteroatoms. The van der Waals surface area contributed by atoms with Gasteiger partial charge in [-0.2, -0.15) is 5.10 Å². The summed E-state index contributed by atoms with van der Waals surface area (Å²) in [6.07, 6.45) is 4.99. The van der Waals surface area contributed by atoms with Gasteiger partial charge in [-0.3, -0.25) is 10.1 Å². The van der Waals surface area contributed by atoms with Crippen LogP contribution in [0.5, 0.6) is 0 Å². The predicted molar refractivity (Wildman–Crippen MR) is 92.9 cm³/mol. The van der Waals surface area contributed by atoms with E-state index in [0.717, 1.165) is 42.8 Å². The van der Waals surface area contributed by atoms with Crippen LogP contribution in [0, 0.1) is 12.7 Å². The number of carbonyl (C=O) groups is 1. The molecule has 2 unspecified atom stereocenters. The van der Waals surface area contributed by atoms with Crippen molar-refractivity contribution in [1.82, 2.24) is 20.0 Å². The molecule has 0 radical (unpaired) electrons. The van der Waals surface area contributed by atoms with Gasteiger partial charge in [-0.25, -0.2) is 9.07 Å². The van der Waals surface area contributed by atoms with E-state index in [4.69, 9.17) is 0 Å². The molecule has 1 aromatic carbocycles. The predicted octanol–water partition coefficient (Wildman–Crippen LogP) is 2.73. The van der Waals surface area contributed by atoms with Crippen molar-refractivity contribution < 1.29 is 9.18 Å². The second kappa shape index (κ2) is 6.26. The third-order valence-corrected chi connectivity index (χ3v) is 5.26. The molecule has 25 heavy (non-hydrogen) atoms. The van der Waals surface area contributed by atoms with E-state index in [0.29, 0.717) is 6.04 Å². The Morgan fingerprint density at radius 1 is 1.24 bits per heavy atom. The number of hydrogen-bond acceptors (Lipinski definition) is 3. The Morgan fingerprint density at radius 3 is 2.64 bits per heavy atom. The maximum absolute atomic E-state index is 13.1. The fraction of sp³-hybridized carbons (Fsp3) is 0.474. The normalized spacial score (nSPS) is 21.8. The monoisotopic (exact) mass is 342 g/mol. The van der Waals surface area contributed by atoms with Crippen molar-refractivity contribution in [3.63, 3.8) is 0 Å². The third kappa shape index (κ3) is 3.06. The average Bonchev–Trinajstić information content (AvgIpc) is 3.28. The molecule has 2 aromatic rings. The first-order valence-corrected chi connectivity index (χ1v) is 8.91. The maximum Gasteiger partial charge on any atom is 0.240 e. The standard InChI is InChI=1S/C19H23FN4O/c1-12(22-18-9-10-23(19(18)25)15-7-8-15)17-11-21-24(13(17)2)16-5-3-14(20)4-6-16/h3-6,11-12,15,18,22H,7-10H2,1-2H3. The summed E-state index contributed by atoms with van der Waals surface area (Å²) in [5.41, 5.74) is 2.88. The van der Waals surface area contributed by atoms with E-state index in [1.807, 2.05) is 18.0 Å². The number of benzene rings is 1. The van der Waals surface area contributed by atoms with Gasteiger partial charge >= 0.3 is 0 Å². The van der Waals surface area contributed by atoms with E-state index >= 15 is 0 Å². The van der Waals surface area contributed by atoms with Gasteiger partial charge in [-0.05, 0) is 57.4 Å². The van der Waals surface area contributed by atoms with E-state index in [2.05, 4.69) is 17.3 Å². The van der Waals surface area contributed by atoms with Crippen molar-refractivity contribution in [1.29, 1.82) is 0 Å². The zero-order valence-electron chi connectivity index (χ0n) is 14.6. The van der Waals surface area contributed by atoms with Crippen LogP contribution in [0.1, 0.15) is 43.5 Å². The third-order valence-electron chi connectivity index (χ3n) is 5.26. The highest BCUT2D eigenvalue weighted by atomic mass is 19.1. The summed E-state index contributed by atoms with van der Waals surface area (Å²) < 4.78 is 14.9. The molecule has 5 nitrogen and oxygen atoms in total. The molecule has 2 aliphatic rings. The first-order valence-electron chi connectivity index (χ1n) is 8.91. The molecule has 1 N–H and O–H groups in total. The molecule has 4 rings (SSSR count). The number of hydrogen-bond donors (Lipinski definition) is 1. The number of nitrogens with zero attached hydrogens (tertiary/aromatic N) is 3. The van der Waals surface area contributed by atoms with Crippen molar-refractivity contribution in [3.8, 4) is 5.69 Å². The summed E-state index contributed by atoms with van der Waals surface area (Å²) in [4.78, 5) is 14.5. The number of likely N-dealkylation sites (tertiary alicyclic amines) is 1.